The van der Waals surface area contributed by atoms with Gasteiger partial charge in [0.25, 0.3) is 5.91 Å². The van der Waals surface area contributed by atoms with Gasteiger partial charge in [-0.15, -0.1) is 0 Å². The van der Waals surface area contributed by atoms with Crippen LogP contribution in [0, 0.1) is 17.6 Å². The Morgan fingerprint density at radius 3 is 2.50 bits per heavy atom. The highest BCUT2D eigenvalue weighted by atomic mass is 19.1. The van der Waals surface area contributed by atoms with Crippen LogP contribution in [-0.2, 0) is 9.53 Å². The first kappa shape index (κ1) is 26.5. The minimum absolute atomic E-state index is 0.133. The molecule has 2 rings (SSSR count). The summed E-state index contributed by atoms with van der Waals surface area (Å²) in [5.41, 5.74) is 1.89. The zero-order valence-electron chi connectivity index (χ0n) is 18.4. The van der Waals surface area contributed by atoms with Crippen molar-refractivity contribution in [1.82, 2.24) is 5.48 Å². The van der Waals surface area contributed by atoms with Crippen LogP contribution in [0.5, 0.6) is 5.75 Å². The summed E-state index contributed by atoms with van der Waals surface area (Å²) in [6, 6.07) is 9.49. The van der Waals surface area contributed by atoms with E-state index in [0.29, 0.717) is 23.8 Å². The Bertz CT molecular complexity index is 1010. The number of hydrogen-bond donors (Lipinski definition) is 4. The third-order valence-corrected chi connectivity index (χ3v) is 4.60. The van der Waals surface area contributed by atoms with Crippen molar-refractivity contribution < 1.29 is 38.2 Å². The van der Waals surface area contributed by atoms with Crippen molar-refractivity contribution in [2.24, 2.45) is 5.92 Å². The zero-order valence-corrected chi connectivity index (χ0v) is 18.4. The summed E-state index contributed by atoms with van der Waals surface area (Å²) in [5.74, 6) is -2.11. The lowest BCUT2D eigenvalue weighted by molar-refractivity contribution is -0.124. The van der Waals surface area contributed by atoms with Crippen LogP contribution < -0.4 is 15.5 Å². The van der Waals surface area contributed by atoms with Gasteiger partial charge in [0.1, 0.15) is 30.1 Å². The van der Waals surface area contributed by atoms with Gasteiger partial charge in [0.2, 0.25) is 0 Å². The van der Waals surface area contributed by atoms with Gasteiger partial charge in [-0.3, -0.25) is 15.3 Å². The van der Waals surface area contributed by atoms with Gasteiger partial charge in [-0.05, 0) is 36.2 Å². The molecule has 0 heterocycles. The quantitative estimate of drug-likeness (QED) is 0.167. The lowest BCUT2D eigenvalue weighted by Crippen LogP contribution is -2.22. The normalized spacial score (nSPS) is 13.0. The minimum Gasteiger partial charge on any atom is -0.491 e. The molecule has 2 aromatic carbocycles. The second-order valence-corrected chi connectivity index (χ2v) is 7.19. The van der Waals surface area contributed by atoms with Gasteiger partial charge in [0, 0.05) is 18.1 Å². The summed E-state index contributed by atoms with van der Waals surface area (Å²) < 4.78 is 37.9. The number of rotatable bonds is 11. The van der Waals surface area contributed by atoms with Crippen LogP contribution in [0.4, 0.5) is 19.3 Å². The Labute approximate surface area is 195 Å². The van der Waals surface area contributed by atoms with E-state index >= 15 is 0 Å². The highest BCUT2D eigenvalue weighted by Crippen LogP contribution is 2.31. The van der Waals surface area contributed by atoms with Crippen molar-refractivity contribution in [3.8, 4) is 5.75 Å². The Hall–Kier alpha value is -3.76. The van der Waals surface area contributed by atoms with Gasteiger partial charge < -0.3 is 14.6 Å². The number of amides is 2. The van der Waals surface area contributed by atoms with Crippen molar-refractivity contribution in [3.05, 3.63) is 84.0 Å². The Kier molecular flexibility index (Phi) is 10.7. The standard InChI is InChI=1S/C24H26F2N2O6/c1-16(5-3-2-4-6-22(30)28-32)23(17-7-10-19(11-8-17)33-14-13-29)34-24(31)27-21-12-9-18(25)15-20(21)26/h2-4,6-12,15-16,23,29,32H,5,13-14H2,1H3,(H,27,31)(H,28,30)/b3-2+,6-4+/t16-,23+/m0/s1. The number of nitrogens with one attached hydrogen (secondary N) is 2. The number of hydroxylamine groups is 1. The van der Waals surface area contributed by atoms with E-state index in [2.05, 4.69) is 5.32 Å². The van der Waals surface area contributed by atoms with Crippen molar-refractivity contribution in [2.75, 3.05) is 18.5 Å². The van der Waals surface area contributed by atoms with E-state index in [1.54, 1.807) is 36.4 Å². The van der Waals surface area contributed by atoms with E-state index in [-0.39, 0.29) is 24.8 Å². The van der Waals surface area contributed by atoms with Crippen LogP contribution in [0.1, 0.15) is 25.0 Å². The molecule has 0 spiro atoms. The Balaban J connectivity index is 2.15. The van der Waals surface area contributed by atoms with Crippen LogP contribution in [-0.4, -0.2) is 35.5 Å². The number of halogens is 2. The number of ether oxygens (including phenoxy) is 2. The molecule has 0 fully saturated rings. The van der Waals surface area contributed by atoms with Crippen molar-refractivity contribution in [2.45, 2.75) is 19.4 Å². The van der Waals surface area contributed by atoms with Crippen LogP contribution in [0.25, 0.3) is 0 Å². The van der Waals surface area contributed by atoms with Gasteiger partial charge in [-0.2, -0.15) is 0 Å². The number of carbonyl (C=O) groups is 2. The number of allylic oxidation sites excluding steroid dienone is 3. The molecule has 0 aliphatic rings. The first-order valence-electron chi connectivity index (χ1n) is 10.4. The molecule has 182 valence electrons. The molecule has 0 aromatic heterocycles. The third-order valence-electron chi connectivity index (χ3n) is 4.60. The molecule has 2 amide bonds. The molecule has 34 heavy (non-hydrogen) atoms. The van der Waals surface area contributed by atoms with Gasteiger partial charge in [-0.25, -0.2) is 19.1 Å². The second-order valence-electron chi connectivity index (χ2n) is 7.19. The van der Waals surface area contributed by atoms with Crippen molar-refractivity contribution in [3.63, 3.8) is 0 Å². The minimum atomic E-state index is -0.937. The number of aliphatic hydroxyl groups is 1. The van der Waals surface area contributed by atoms with E-state index in [1.807, 2.05) is 6.92 Å². The monoisotopic (exact) mass is 476 g/mol. The molecule has 0 bridgehead atoms. The topological polar surface area (TPSA) is 117 Å². The Morgan fingerprint density at radius 1 is 1.12 bits per heavy atom. The first-order chi connectivity index (χ1) is 16.3. The van der Waals surface area contributed by atoms with Crippen LogP contribution in [0.3, 0.4) is 0 Å². The molecule has 4 N–H and O–H groups in total. The lowest BCUT2D eigenvalue weighted by Gasteiger charge is -2.24. The van der Waals surface area contributed by atoms with E-state index < -0.39 is 29.7 Å². The predicted octanol–water partition coefficient (Wildman–Crippen LogP) is 4.27. The summed E-state index contributed by atoms with van der Waals surface area (Å²) in [4.78, 5) is 23.5. The summed E-state index contributed by atoms with van der Waals surface area (Å²) in [6.45, 7) is 1.83. The molecule has 2 atom stereocenters. The fraction of sp³-hybridized carbons (Fsp3) is 0.250. The number of aliphatic hydroxyl groups excluding tert-OH is 1. The summed E-state index contributed by atoms with van der Waals surface area (Å²) in [5, 5.41) is 19.6. The van der Waals surface area contributed by atoms with Crippen molar-refractivity contribution in [1.29, 1.82) is 0 Å². The molecule has 0 aliphatic heterocycles. The van der Waals surface area contributed by atoms with Gasteiger partial charge >= 0.3 is 6.09 Å². The summed E-state index contributed by atoms with van der Waals surface area (Å²) >= 11 is 0. The van der Waals surface area contributed by atoms with Gasteiger partial charge in [-0.1, -0.05) is 37.3 Å². The lowest BCUT2D eigenvalue weighted by atomic mass is 9.94. The average molecular weight is 476 g/mol. The maximum Gasteiger partial charge on any atom is 0.412 e. The molecule has 0 saturated heterocycles. The number of carbonyl (C=O) groups excluding carboxylic acids is 2. The van der Waals surface area contributed by atoms with Crippen LogP contribution >= 0.6 is 0 Å². The zero-order chi connectivity index (χ0) is 24.9. The van der Waals surface area contributed by atoms with Crippen LogP contribution in [0.15, 0.2) is 66.8 Å². The summed E-state index contributed by atoms with van der Waals surface area (Å²) in [7, 11) is 0. The maximum atomic E-state index is 13.9. The van der Waals surface area contributed by atoms with Crippen LogP contribution in [0.2, 0.25) is 0 Å². The molecule has 8 nitrogen and oxygen atoms in total. The van der Waals surface area contributed by atoms with Gasteiger partial charge in [0.15, 0.2) is 0 Å². The molecule has 0 unspecified atom stereocenters. The number of anilines is 1. The highest BCUT2D eigenvalue weighted by molar-refractivity contribution is 5.86. The average Bonchev–Trinajstić information content (AvgIpc) is 2.82. The molecule has 0 aliphatic carbocycles. The van der Waals surface area contributed by atoms with E-state index in [4.69, 9.17) is 19.8 Å². The molecule has 0 radical (unpaired) electrons. The molecule has 10 heteroatoms. The molecular formula is C24H26F2N2O6. The molecular weight excluding hydrogens is 450 g/mol. The first-order valence-corrected chi connectivity index (χ1v) is 10.4. The van der Waals surface area contributed by atoms with E-state index in [0.717, 1.165) is 18.2 Å². The largest absolute Gasteiger partial charge is 0.491 e. The second kappa shape index (κ2) is 13.7. The third kappa shape index (κ3) is 8.64. The van der Waals surface area contributed by atoms with E-state index in [9.17, 15) is 18.4 Å². The molecule has 2 aromatic rings. The van der Waals surface area contributed by atoms with Crippen molar-refractivity contribution >= 4 is 17.7 Å². The number of hydrogen-bond acceptors (Lipinski definition) is 6. The molecule has 0 saturated carbocycles. The fourth-order valence-corrected chi connectivity index (χ4v) is 2.95. The Morgan fingerprint density at radius 2 is 1.85 bits per heavy atom. The fourth-order valence-electron chi connectivity index (χ4n) is 2.95. The van der Waals surface area contributed by atoms with Gasteiger partial charge in [0.05, 0.1) is 12.3 Å². The smallest absolute Gasteiger partial charge is 0.412 e. The number of benzene rings is 2. The predicted molar refractivity (Wildman–Crippen MR) is 120 cm³/mol. The maximum absolute atomic E-state index is 13.9. The SMILES string of the molecule is C[C@@H](C/C=C/C=C/C(=O)NO)[C@@H](OC(=O)Nc1ccc(F)cc1F)c1ccc(OCCO)cc1. The van der Waals surface area contributed by atoms with E-state index in [1.165, 1.54) is 11.6 Å². The highest BCUT2D eigenvalue weighted by Gasteiger charge is 2.24. The summed E-state index contributed by atoms with van der Waals surface area (Å²) in [6.07, 6.45) is 4.69.